The monoisotopic (exact) mass is 257 g/mol. The molecule has 0 atom stereocenters. The highest BCUT2D eigenvalue weighted by atomic mass is 32.2. The molecule has 1 aromatic carbocycles. The summed E-state index contributed by atoms with van der Waals surface area (Å²) in [4.78, 5) is 9.31. The molecule has 1 aliphatic rings. The molecular weight excluding hydrogens is 242 g/mol. The number of nitrogens with one attached hydrogen (secondary N) is 1. The number of aromatic nitrogens is 2. The Balaban J connectivity index is 1.94. The lowest BCUT2D eigenvalue weighted by atomic mass is 10.1. The van der Waals surface area contributed by atoms with Gasteiger partial charge in [0.25, 0.3) is 0 Å². The molecule has 18 heavy (non-hydrogen) atoms. The highest BCUT2D eigenvalue weighted by molar-refractivity contribution is 7.98. The van der Waals surface area contributed by atoms with Crippen molar-refractivity contribution in [2.45, 2.75) is 17.9 Å². The Hall–Kier alpha value is -1.55. The Kier molecular flexibility index (Phi) is 3.19. The van der Waals surface area contributed by atoms with Gasteiger partial charge in [-0.15, -0.1) is 0 Å². The molecule has 1 N–H and O–H groups in total. The van der Waals surface area contributed by atoms with E-state index in [1.54, 1.807) is 0 Å². The average molecular weight is 257 g/mol. The fourth-order valence-electron chi connectivity index (χ4n) is 2.17. The molecule has 0 bridgehead atoms. The second-order valence-electron chi connectivity index (χ2n) is 4.32. The number of benzene rings is 1. The van der Waals surface area contributed by atoms with E-state index >= 15 is 0 Å². The Bertz CT molecular complexity index is 554. The lowest BCUT2D eigenvalue weighted by molar-refractivity contribution is 0.930. The molecule has 2 aromatic rings. The summed E-state index contributed by atoms with van der Waals surface area (Å²) in [6.07, 6.45) is 0.799. The summed E-state index contributed by atoms with van der Waals surface area (Å²) in [6.45, 7) is 0. The molecule has 0 saturated carbocycles. The first-order chi connectivity index (χ1) is 8.86. The molecule has 3 rings (SSSR count). The van der Waals surface area contributed by atoms with Crippen LogP contribution in [0.4, 0.5) is 5.82 Å². The molecule has 92 valence electrons. The van der Waals surface area contributed by atoms with Crippen LogP contribution in [0.3, 0.4) is 0 Å². The van der Waals surface area contributed by atoms with E-state index in [2.05, 4.69) is 39.6 Å². The number of fused-ring (bicyclic) bond motifs is 1. The molecule has 0 unspecified atom stereocenters. The second-order valence-corrected chi connectivity index (χ2v) is 5.30. The van der Waals surface area contributed by atoms with Gasteiger partial charge in [0.05, 0.1) is 5.69 Å². The van der Waals surface area contributed by atoms with Crippen molar-refractivity contribution in [2.75, 3.05) is 12.4 Å². The SMILES string of the molecule is CNc1nc(Cc2ccccc2)nc2c1CSC2. The summed E-state index contributed by atoms with van der Waals surface area (Å²) in [5.41, 5.74) is 3.73. The topological polar surface area (TPSA) is 37.8 Å². The van der Waals surface area contributed by atoms with E-state index in [4.69, 9.17) is 0 Å². The first-order valence-electron chi connectivity index (χ1n) is 6.05. The minimum Gasteiger partial charge on any atom is -0.373 e. The predicted molar refractivity (Wildman–Crippen MR) is 75.8 cm³/mol. The van der Waals surface area contributed by atoms with Crippen LogP contribution in [0.1, 0.15) is 22.6 Å². The van der Waals surface area contributed by atoms with Gasteiger partial charge in [-0.05, 0) is 5.56 Å². The van der Waals surface area contributed by atoms with Crippen LogP contribution in [0.25, 0.3) is 0 Å². The summed E-state index contributed by atoms with van der Waals surface area (Å²) >= 11 is 1.90. The molecule has 1 aromatic heterocycles. The van der Waals surface area contributed by atoms with Crippen molar-refractivity contribution in [3.63, 3.8) is 0 Å². The van der Waals surface area contributed by atoms with E-state index in [1.807, 2.05) is 24.9 Å². The molecule has 0 saturated heterocycles. The molecule has 3 nitrogen and oxygen atoms in total. The zero-order valence-corrected chi connectivity index (χ0v) is 11.1. The van der Waals surface area contributed by atoms with Gasteiger partial charge < -0.3 is 5.32 Å². The molecule has 0 fully saturated rings. The zero-order chi connectivity index (χ0) is 12.4. The van der Waals surface area contributed by atoms with Crippen molar-refractivity contribution in [3.8, 4) is 0 Å². The minimum atomic E-state index is 0.799. The van der Waals surface area contributed by atoms with Gasteiger partial charge in [-0.2, -0.15) is 11.8 Å². The van der Waals surface area contributed by atoms with Gasteiger partial charge in [0.15, 0.2) is 0 Å². The molecule has 2 heterocycles. The van der Waals surface area contributed by atoms with Crippen molar-refractivity contribution in [1.82, 2.24) is 9.97 Å². The molecule has 0 radical (unpaired) electrons. The first-order valence-corrected chi connectivity index (χ1v) is 7.20. The normalized spacial score (nSPS) is 13.4. The van der Waals surface area contributed by atoms with E-state index in [0.717, 1.165) is 29.6 Å². The van der Waals surface area contributed by atoms with Crippen LogP contribution >= 0.6 is 11.8 Å². The summed E-state index contributed by atoms with van der Waals surface area (Å²) < 4.78 is 0. The standard InChI is InChI=1S/C14H15N3S/c1-15-14-11-8-18-9-12(11)16-13(17-14)7-10-5-3-2-4-6-10/h2-6H,7-9H2,1H3,(H,15,16,17). The van der Waals surface area contributed by atoms with Gasteiger partial charge in [0.1, 0.15) is 11.6 Å². The van der Waals surface area contributed by atoms with Crippen LogP contribution in [0.2, 0.25) is 0 Å². The third-order valence-electron chi connectivity index (χ3n) is 3.07. The number of thioether (sulfide) groups is 1. The number of hydrogen-bond acceptors (Lipinski definition) is 4. The van der Waals surface area contributed by atoms with Gasteiger partial charge in [0.2, 0.25) is 0 Å². The highest BCUT2D eigenvalue weighted by Crippen LogP contribution is 2.32. The zero-order valence-electron chi connectivity index (χ0n) is 10.3. The first kappa shape index (κ1) is 11.5. The van der Waals surface area contributed by atoms with Crippen LogP contribution in [0.5, 0.6) is 0 Å². The van der Waals surface area contributed by atoms with Crippen molar-refractivity contribution < 1.29 is 0 Å². The lowest BCUT2D eigenvalue weighted by Gasteiger charge is -2.09. The van der Waals surface area contributed by atoms with Gasteiger partial charge in [-0.3, -0.25) is 0 Å². The Morgan fingerprint density at radius 3 is 2.78 bits per heavy atom. The maximum atomic E-state index is 4.69. The number of rotatable bonds is 3. The van der Waals surface area contributed by atoms with E-state index in [-0.39, 0.29) is 0 Å². The maximum absolute atomic E-state index is 4.69. The average Bonchev–Trinajstić information content (AvgIpc) is 2.87. The minimum absolute atomic E-state index is 0.799. The Morgan fingerprint density at radius 2 is 2.00 bits per heavy atom. The predicted octanol–water partition coefficient (Wildman–Crippen LogP) is 2.86. The summed E-state index contributed by atoms with van der Waals surface area (Å²) in [5.74, 6) is 3.94. The van der Waals surface area contributed by atoms with Crippen LogP contribution < -0.4 is 5.32 Å². The van der Waals surface area contributed by atoms with Crippen molar-refractivity contribution in [3.05, 3.63) is 53.0 Å². The van der Waals surface area contributed by atoms with Crippen LogP contribution in [-0.4, -0.2) is 17.0 Å². The molecular formula is C14H15N3S. The van der Waals surface area contributed by atoms with Gasteiger partial charge in [-0.25, -0.2) is 9.97 Å². The molecule has 4 heteroatoms. The van der Waals surface area contributed by atoms with E-state index in [0.29, 0.717) is 0 Å². The second kappa shape index (κ2) is 4.98. The van der Waals surface area contributed by atoms with Crippen LogP contribution in [-0.2, 0) is 17.9 Å². The van der Waals surface area contributed by atoms with E-state index in [1.165, 1.54) is 16.8 Å². The van der Waals surface area contributed by atoms with Crippen LogP contribution in [0.15, 0.2) is 30.3 Å². The molecule has 0 amide bonds. The number of anilines is 1. The summed E-state index contributed by atoms with van der Waals surface area (Å²) in [7, 11) is 1.93. The molecule has 0 spiro atoms. The van der Waals surface area contributed by atoms with Gasteiger partial charge in [-0.1, -0.05) is 30.3 Å². The van der Waals surface area contributed by atoms with Crippen molar-refractivity contribution >= 4 is 17.6 Å². The van der Waals surface area contributed by atoms with Crippen molar-refractivity contribution in [1.29, 1.82) is 0 Å². The smallest absolute Gasteiger partial charge is 0.135 e. The van der Waals surface area contributed by atoms with Crippen molar-refractivity contribution in [2.24, 2.45) is 0 Å². The van der Waals surface area contributed by atoms with Crippen LogP contribution in [0, 0.1) is 0 Å². The quantitative estimate of drug-likeness (QED) is 0.917. The third kappa shape index (κ3) is 2.20. The largest absolute Gasteiger partial charge is 0.373 e. The maximum Gasteiger partial charge on any atom is 0.135 e. The number of nitrogens with zero attached hydrogens (tertiary/aromatic N) is 2. The van der Waals surface area contributed by atoms with E-state index in [9.17, 15) is 0 Å². The van der Waals surface area contributed by atoms with E-state index < -0.39 is 0 Å². The fraction of sp³-hybridized carbons (Fsp3) is 0.286. The van der Waals surface area contributed by atoms with Gasteiger partial charge in [0, 0.05) is 30.5 Å². The Labute approximate surface area is 111 Å². The molecule has 0 aliphatic carbocycles. The molecule has 1 aliphatic heterocycles. The lowest BCUT2D eigenvalue weighted by Crippen LogP contribution is -2.06. The third-order valence-corrected chi connectivity index (χ3v) is 4.04. The summed E-state index contributed by atoms with van der Waals surface area (Å²) in [6, 6.07) is 10.4. The van der Waals surface area contributed by atoms with Gasteiger partial charge >= 0.3 is 0 Å². The highest BCUT2D eigenvalue weighted by Gasteiger charge is 2.18. The summed E-state index contributed by atoms with van der Waals surface area (Å²) in [5, 5.41) is 3.19. The Morgan fingerprint density at radius 1 is 1.17 bits per heavy atom. The number of hydrogen-bond donors (Lipinski definition) is 1. The fourth-order valence-corrected chi connectivity index (χ4v) is 3.21.